The zero-order valence-corrected chi connectivity index (χ0v) is 10.1. The van der Waals surface area contributed by atoms with Crippen molar-refractivity contribution < 1.29 is 9.57 Å². The largest absolute Gasteiger partial charge is 0.479 e. The normalized spacial score (nSPS) is 10.8. The van der Waals surface area contributed by atoms with E-state index >= 15 is 0 Å². The second-order valence-electron chi connectivity index (χ2n) is 3.38. The quantitative estimate of drug-likeness (QED) is 0.829. The molecule has 0 radical (unpaired) electrons. The Bertz CT molecular complexity index is 537. The van der Waals surface area contributed by atoms with Crippen LogP contribution in [0.3, 0.4) is 0 Å². The molecule has 0 aromatic carbocycles. The summed E-state index contributed by atoms with van der Waals surface area (Å²) in [7, 11) is 1.52. The van der Waals surface area contributed by atoms with Gasteiger partial charge in [0.25, 0.3) is 0 Å². The minimum Gasteiger partial charge on any atom is -0.479 e. The van der Waals surface area contributed by atoms with Crippen LogP contribution in [0.5, 0.6) is 5.88 Å². The molecule has 0 saturated heterocycles. The summed E-state index contributed by atoms with van der Waals surface area (Å²) in [5.41, 5.74) is 6.41. The lowest BCUT2D eigenvalue weighted by molar-refractivity contribution is 0.0980. The number of nitrogens with two attached hydrogens (primary N) is 1. The van der Waals surface area contributed by atoms with E-state index in [9.17, 15) is 0 Å². The van der Waals surface area contributed by atoms with Gasteiger partial charge in [-0.25, -0.2) is 9.97 Å². The van der Waals surface area contributed by atoms with Crippen molar-refractivity contribution in [2.24, 2.45) is 0 Å². The molecule has 0 aliphatic carbocycles. The Labute approximate surface area is 98.5 Å². The second kappa shape index (κ2) is 4.44. The Kier molecular flexibility index (Phi) is 2.99. The number of rotatable bonds is 4. The zero-order chi connectivity index (χ0) is 12.4. The first-order valence-electron chi connectivity index (χ1n) is 5.43. The van der Waals surface area contributed by atoms with Crippen LogP contribution < -0.4 is 15.3 Å². The molecule has 2 aromatic rings. The van der Waals surface area contributed by atoms with Crippen LogP contribution in [0.2, 0.25) is 0 Å². The highest BCUT2D eigenvalue weighted by molar-refractivity contribution is 5.90. The molecule has 2 aromatic heterocycles. The van der Waals surface area contributed by atoms with E-state index in [1.165, 1.54) is 12.0 Å². The molecule has 0 unspecified atom stereocenters. The van der Waals surface area contributed by atoms with Crippen molar-refractivity contribution >= 4 is 16.9 Å². The molecule has 0 bridgehead atoms. The van der Waals surface area contributed by atoms with Crippen molar-refractivity contribution in [3.63, 3.8) is 0 Å². The second-order valence-corrected chi connectivity index (χ2v) is 3.38. The fraction of sp³-hybridized carbons (Fsp3) is 0.500. The Morgan fingerprint density at radius 2 is 2.06 bits per heavy atom. The molecule has 7 nitrogen and oxygen atoms in total. The predicted molar refractivity (Wildman–Crippen MR) is 62.8 cm³/mol. The minimum atomic E-state index is 0.356. The first-order chi connectivity index (χ1) is 8.21. The Hall–Kier alpha value is -2.05. The van der Waals surface area contributed by atoms with E-state index in [-0.39, 0.29) is 0 Å². The van der Waals surface area contributed by atoms with Gasteiger partial charge in [-0.05, 0) is 6.92 Å². The molecular formula is C10H15N5O2. The molecule has 0 aliphatic heterocycles. The van der Waals surface area contributed by atoms with E-state index < -0.39 is 0 Å². The fourth-order valence-electron chi connectivity index (χ4n) is 1.55. The van der Waals surface area contributed by atoms with Crippen molar-refractivity contribution in [2.45, 2.75) is 20.3 Å². The lowest BCUT2D eigenvalue weighted by Gasteiger charge is -2.03. The Balaban J connectivity index is 2.71. The first-order valence-corrected chi connectivity index (χ1v) is 5.43. The maximum Gasteiger partial charge on any atom is 0.249 e. The molecule has 0 spiro atoms. The number of hydrogen-bond donors (Lipinski definition) is 1. The van der Waals surface area contributed by atoms with Crippen LogP contribution in [0.15, 0.2) is 0 Å². The highest BCUT2D eigenvalue weighted by Gasteiger charge is 2.18. The van der Waals surface area contributed by atoms with E-state index in [0.717, 1.165) is 0 Å². The first kappa shape index (κ1) is 11.4. The number of hydrogen-bond acceptors (Lipinski definition) is 6. The standard InChI is InChI=1S/C10H15N5O2/c1-4-6-12-8(11)7-9(13-6)15(17-5-2)14-10(7)16-3/h4-5H2,1-3H3,(H2,11,12,13). The van der Waals surface area contributed by atoms with Gasteiger partial charge in [0.05, 0.1) is 7.11 Å². The number of nitrogen functional groups attached to an aromatic ring is 1. The van der Waals surface area contributed by atoms with Gasteiger partial charge >= 0.3 is 0 Å². The van der Waals surface area contributed by atoms with E-state index in [1.807, 2.05) is 13.8 Å². The highest BCUT2D eigenvalue weighted by atomic mass is 16.7. The summed E-state index contributed by atoms with van der Waals surface area (Å²) in [6.07, 6.45) is 0.694. The fourth-order valence-corrected chi connectivity index (χ4v) is 1.55. The number of methoxy groups -OCH3 is 1. The van der Waals surface area contributed by atoms with Crippen LogP contribution in [0.25, 0.3) is 11.0 Å². The summed E-state index contributed by atoms with van der Waals surface area (Å²) in [6, 6.07) is 0. The molecule has 0 aliphatic rings. The number of ether oxygens (including phenoxy) is 1. The summed E-state index contributed by atoms with van der Waals surface area (Å²) in [6.45, 7) is 4.30. The van der Waals surface area contributed by atoms with Gasteiger partial charge in [0.2, 0.25) is 11.5 Å². The van der Waals surface area contributed by atoms with Crippen molar-refractivity contribution in [1.29, 1.82) is 0 Å². The van der Waals surface area contributed by atoms with Gasteiger partial charge < -0.3 is 15.3 Å². The summed E-state index contributed by atoms with van der Waals surface area (Å²) in [5, 5.41) is 4.71. The van der Waals surface area contributed by atoms with Gasteiger partial charge in [-0.3, -0.25) is 0 Å². The summed E-state index contributed by atoms with van der Waals surface area (Å²) in [5.74, 6) is 1.38. The number of nitrogens with zero attached hydrogens (tertiary/aromatic N) is 4. The van der Waals surface area contributed by atoms with Crippen molar-refractivity contribution in [3.05, 3.63) is 5.82 Å². The molecule has 2 rings (SSSR count). The highest BCUT2D eigenvalue weighted by Crippen LogP contribution is 2.27. The minimum absolute atomic E-state index is 0.356. The lowest BCUT2D eigenvalue weighted by atomic mass is 10.3. The lowest BCUT2D eigenvalue weighted by Crippen LogP contribution is -2.13. The Morgan fingerprint density at radius 1 is 1.29 bits per heavy atom. The van der Waals surface area contributed by atoms with Crippen LogP contribution >= 0.6 is 0 Å². The van der Waals surface area contributed by atoms with Gasteiger partial charge in [-0.1, -0.05) is 16.9 Å². The number of aromatic nitrogens is 4. The van der Waals surface area contributed by atoms with Gasteiger partial charge in [0.15, 0.2) is 0 Å². The molecule has 2 N–H and O–H groups in total. The van der Waals surface area contributed by atoms with Crippen molar-refractivity contribution in [3.8, 4) is 5.88 Å². The SMILES string of the molecule is CCOn1nc(OC)c2c(N)nc(CC)nc21. The van der Waals surface area contributed by atoms with Crippen LogP contribution in [-0.4, -0.2) is 33.6 Å². The van der Waals surface area contributed by atoms with E-state index in [2.05, 4.69) is 15.1 Å². The molecule has 0 saturated carbocycles. The smallest absolute Gasteiger partial charge is 0.249 e. The number of fused-ring (bicyclic) bond motifs is 1. The van der Waals surface area contributed by atoms with E-state index in [1.54, 1.807) is 0 Å². The molecule has 0 amide bonds. The molecule has 17 heavy (non-hydrogen) atoms. The van der Waals surface area contributed by atoms with Crippen LogP contribution in [-0.2, 0) is 6.42 Å². The van der Waals surface area contributed by atoms with Crippen LogP contribution in [0.1, 0.15) is 19.7 Å². The summed E-state index contributed by atoms with van der Waals surface area (Å²) < 4.78 is 5.14. The summed E-state index contributed by atoms with van der Waals surface area (Å²) >= 11 is 0. The van der Waals surface area contributed by atoms with Crippen LogP contribution in [0, 0.1) is 0 Å². The average molecular weight is 237 g/mol. The topological polar surface area (TPSA) is 88.1 Å². The summed E-state index contributed by atoms with van der Waals surface area (Å²) in [4.78, 5) is 15.2. The van der Waals surface area contributed by atoms with Gasteiger partial charge in [-0.2, -0.15) is 0 Å². The maximum atomic E-state index is 5.88. The average Bonchev–Trinajstić information content (AvgIpc) is 2.68. The van der Waals surface area contributed by atoms with Gasteiger partial charge in [0, 0.05) is 6.42 Å². The predicted octanol–water partition coefficient (Wildman–Crippen LogP) is 0.428. The maximum absolute atomic E-state index is 5.88. The Morgan fingerprint density at radius 3 is 2.65 bits per heavy atom. The third-order valence-electron chi connectivity index (χ3n) is 2.30. The van der Waals surface area contributed by atoms with Crippen LogP contribution in [0.4, 0.5) is 5.82 Å². The third-order valence-corrected chi connectivity index (χ3v) is 2.30. The number of aryl methyl sites for hydroxylation is 1. The van der Waals surface area contributed by atoms with Crippen molar-refractivity contribution in [2.75, 3.05) is 19.5 Å². The monoisotopic (exact) mass is 237 g/mol. The van der Waals surface area contributed by atoms with E-state index in [0.29, 0.717) is 41.6 Å². The molecule has 92 valence electrons. The molecule has 0 fully saturated rings. The van der Waals surface area contributed by atoms with E-state index in [4.69, 9.17) is 15.3 Å². The molecular weight excluding hydrogens is 222 g/mol. The van der Waals surface area contributed by atoms with Gasteiger partial charge in [0.1, 0.15) is 23.6 Å². The zero-order valence-electron chi connectivity index (χ0n) is 10.1. The third kappa shape index (κ3) is 1.83. The van der Waals surface area contributed by atoms with Crippen molar-refractivity contribution in [1.82, 2.24) is 19.9 Å². The number of anilines is 1. The molecule has 7 heteroatoms. The molecule has 0 atom stereocenters. The molecule has 2 heterocycles. The van der Waals surface area contributed by atoms with Gasteiger partial charge in [-0.15, -0.1) is 0 Å².